The molecule has 4 aromatic rings. The number of carbonyl (C=O) groups is 1. The Balaban J connectivity index is 1.57. The van der Waals surface area contributed by atoms with Crippen LogP contribution in [0.1, 0.15) is 36.6 Å². The summed E-state index contributed by atoms with van der Waals surface area (Å²) in [7, 11) is 0. The van der Waals surface area contributed by atoms with Crippen LogP contribution < -0.4 is 19.6 Å². The van der Waals surface area contributed by atoms with Crippen LogP contribution in [-0.2, 0) is 16.1 Å². The maximum atomic E-state index is 13.8. The number of hydrogen-bond acceptors (Lipinski definition) is 6. The van der Waals surface area contributed by atoms with Gasteiger partial charge in [-0.05, 0) is 54.8 Å². The number of allylic oxidation sites excluding steroid dienone is 1. The predicted molar refractivity (Wildman–Crippen MR) is 149 cm³/mol. The lowest BCUT2D eigenvalue weighted by Crippen LogP contribution is -2.40. The molecule has 6 nitrogen and oxygen atoms in total. The molecule has 192 valence electrons. The van der Waals surface area contributed by atoms with Crippen LogP contribution in [0.4, 0.5) is 0 Å². The average Bonchev–Trinajstić information content (AvgIpc) is 3.22. The summed E-state index contributed by atoms with van der Waals surface area (Å²) < 4.78 is 13.3. The van der Waals surface area contributed by atoms with Gasteiger partial charge >= 0.3 is 5.97 Å². The highest BCUT2D eigenvalue weighted by Crippen LogP contribution is 2.34. The number of thiazole rings is 1. The summed E-state index contributed by atoms with van der Waals surface area (Å²) in [6.07, 6.45) is 1.81. The number of halogens is 1. The number of carbonyl (C=O) groups excluding carboxylic acids is 1. The van der Waals surface area contributed by atoms with Crippen LogP contribution in [0.15, 0.2) is 99.9 Å². The largest absolute Gasteiger partial charge is 0.489 e. The summed E-state index contributed by atoms with van der Waals surface area (Å²) in [5.41, 5.74) is 3.06. The van der Waals surface area contributed by atoms with Crippen molar-refractivity contribution in [2.75, 3.05) is 6.61 Å². The molecule has 1 aromatic heterocycles. The van der Waals surface area contributed by atoms with Gasteiger partial charge < -0.3 is 9.47 Å². The van der Waals surface area contributed by atoms with E-state index in [1.807, 2.05) is 78.9 Å². The lowest BCUT2D eigenvalue weighted by molar-refractivity contribution is -0.139. The van der Waals surface area contributed by atoms with Gasteiger partial charge in [0.15, 0.2) is 4.80 Å². The van der Waals surface area contributed by atoms with E-state index < -0.39 is 12.0 Å². The van der Waals surface area contributed by atoms with Crippen LogP contribution in [0.25, 0.3) is 6.08 Å². The molecule has 0 saturated heterocycles. The number of benzene rings is 3. The Bertz CT molecular complexity index is 1710. The third kappa shape index (κ3) is 5.21. The molecule has 0 radical (unpaired) electrons. The maximum Gasteiger partial charge on any atom is 0.338 e. The number of rotatable bonds is 7. The van der Waals surface area contributed by atoms with Crippen molar-refractivity contribution in [3.8, 4) is 5.75 Å². The van der Waals surface area contributed by atoms with Crippen LogP contribution in [-0.4, -0.2) is 17.1 Å². The van der Waals surface area contributed by atoms with Crippen LogP contribution in [0.3, 0.4) is 0 Å². The van der Waals surface area contributed by atoms with Gasteiger partial charge in [0, 0.05) is 5.02 Å². The van der Waals surface area contributed by atoms with Gasteiger partial charge in [0.2, 0.25) is 0 Å². The Kier molecular flexibility index (Phi) is 7.58. The van der Waals surface area contributed by atoms with Crippen LogP contribution in [0, 0.1) is 0 Å². The molecular weight excluding hydrogens is 520 g/mol. The van der Waals surface area contributed by atoms with E-state index in [2.05, 4.69) is 4.99 Å². The van der Waals surface area contributed by atoms with Gasteiger partial charge in [-0.3, -0.25) is 9.36 Å². The lowest BCUT2D eigenvalue weighted by Gasteiger charge is -2.25. The highest BCUT2D eigenvalue weighted by Gasteiger charge is 2.34. The number of aromatic nitrogens is 1. The fourth-order valence-corrected chi connectivity index (χ4v) is 5.65. The molecule has 1 aliphatic rings. The van der Waals surface area contributed by atoms with Gasteiger partial charge in [-0.25, -0.2) is 9.79 Å². The van der Waals surface area contributed by atoms with E-state index in [1.165, 1.54) is 15.9 Å². The molecule has 1 aliphatic heterocycles. The van der Waals surface area contributed by atoms with Crippen molar-refractivity contribution in [2.24, 2.45) is 4.99 Å². The Hall–Kier alpha value is -3.94. The number of fused-ring (bicyclic) bond motifs is 1. The monoisotopic (exact) mass is 544 g/mol. The summed E-state index contributed by atoms with van der Waals surface area (Å²) in [5, 5.41) is 0.451. The minimum atomic E-state index is -0.748. The van der Waals surface area contributed by atoms with Crippen molar-refractivity contribution in [1.29, 1.82) is 0 Å². The lowest BCUT2D eigenvalue weighted by atomic mass is 9.96. The number of ether oxygens (including phenoxy) is 2. The molecule has 0 spiro atoms. The fraction of sp³-hybridized carbons (Fsp3) is 0.167. The van der Waals surface area contributed by atoms with E-state index >= 15 is 0 Å². The van der Waals surface area contributed by atoms with Crippen molar-refractivity contribution >= 4 is 35.0 Å². The van der Waals surface area contributed by atoms with E-state index in [9.17, 15) is 9.59 Å². The first kappa shape index (κ1) is 25.7. The molecule has 0 amide bonds. The molecule has 5 rings (SSSR count). The molecule has 0 N–H and O–H groups in total. The zero-order valence-corrected chi connectivity index (χ0v) is 22.5. The Labute approximate surface area is 228 Å². The van der Waals surface area contributed by atoms with Crippen molar-refractivity contribution in [3.05, 3.63) is 132 Å². The fourth-order valence-electron chi connectivity index (χ4n) is 4.37. The van der Waals surface area contributed by atoms with Crippen LogP contribution in [0.5, 0.6) is 5.75 Å². The van der Waals surface area contributed by atoms with Crippen LogP contribution in [0.2, 0.25) is 5.02 Å². The first-order valence-electron chi connectivity index (χ1n) is 12.2. The van der Waals surface area contributed by atoms with Gasteiger partial charge in [0.05, 0.1) is 22.4 Å². The van der Waals surface area contributed by atoms with E-state index in [-0.39, 0.29) is 12.2 Å². The van der Waals surface area contributed by atoms with Gasteiger partial charge in [0.25, 0.3) is 5.56 Å². The van der Waals surface area contributed by atoms with Crippen molar-refractivity contribution in [2.45, 2.75) is 26.5 Å². The molecule has 0 unspecified atom stereocenters. The SMILES string of the molecule is CCOC(=O)C1=C(C)N=c2s/c(=C\c3cccc(OCc4ccccc4)c3)c(=O)n2[C@@H]1c1ccccc1Cl. The van der Waals surface area contributed by atoms with Gasteiger partial charge in [0.1, 0.15) is 18.4 Å². The molecule has 0 bridgehead atoms. The van der Waals surface area contributed by atoms with Crippen molar-refractivity contribution in [1.82, 2.24) is 4.57 Å². The van der Waals surface area contributed by atoms with Gasteiger partial charge in [-0.2, -0.15) is 0 Å². The summed E-state index contributed by atoms with van der Waals surface area (Å²) >= 11 is 7.83. The summed E-state index contributed by atoms with van der Waals surface area (Å²) in [6.45, 7) is 4.14. The van der Waals surface area contributed by atoms with Crippen molar-refractivity contribution in [3.63, 3.8) is 0 Å². The normalized spacial score (nSPS) is 15.1. The van der Waals surface area contributed by atoms with E-state index in [1.54, 1.807) is 19.9 Å². The topological polar surface area (TPSA) is 69.9 Å². The molecule has 38 heavy (non-hydrogen) atoms. The Morgan fingerprint density at radius 3 is 2.61 bits per heavy atom. The van der Waals surface area contributed by atoms with Gasteiger partial charge in [-0.1, -0.05) is 83.6 Å². The quantitative estimate of drug-likeness (QED) is 0.306. The van der Waals surface area contributed by atoms with E-state index in [0.717, 1.165) is 11.1 Å². The zero-order chi connectivity index (χ0) is 26.6. The first-order valence-corrected chi connectivity index (χ1v) is 13.4. The minimum absolute atomic E-state index is 0.206. The van der Waals surface area contributed by atoms with Gasteiger partial charge in [-0.15, -0.1) is 0 Å². The van der Waals surface area contributed by atoms with E-state index in [4.69, 9.17) is 21.1 Å². The summed E-state index contributed by atoms with van der Waals surface area (Å²) in [5.74, 6) is 0.181. The smallest absolute Gasteiger partial charge is 0.338 e. The second-order valence-corrected chi connectivity index (χ2v) is 10.1. The second kappa shape index (κ2) is 11.2. The van der Waals surface area contributed by atoms with Crippen molar-refractivity contribution < 1.29 is 14.3 Å². The standard InChI is InChI=1S/C30H25ClN2O4S/c1-3-36-29(35)26-19(2)32-30-33(27(26)23-14-7-8-15-24(23)31)28(34)25(38-30)17-21-12-9-13-22(16-21)37-18-20-10-5-4-6-11-20/h4-17,27H,3,18H2,1-2H3/b25-17-/t27-/m1/s1. The maximum absolute atomic E-state index is 13.8. The van der Waals surface area contributed by atoms with Crippen LogP contribution >= 0.6 is 22.9 Å². The zero-order valence-electron chi connectivity index (χ0n) is 20.9. The Morgan fingerprint density at radius 2 is 1.84 bits per heavy atom. The van der Waals surface area contributed by atoms with E-state index in [0.29, 0.717) is 43.5 Å². The average molecular weight is 545 g/mol. The minimum Gasteiger partial charge on any atom is -0.489 e. The third-order valence-corrected chi connectivity index (χ3v) is 7.45. The highest BCUT2D eigenvalue weighted by atomic mass is 35.5. The molecule has 0 saturated carbocycles. The molecule has 0 fully saturated rings. The number of esters is 1. The Morgan fingerprint density at radius 1 is 1.08 bits per heavy atom. The molecule has 8 heteroatoms. The third-order valence-electron chi connectivity index (χ3n) is 6.12. The molecule has 0 aliphatic carbocycles. The number of hydrogen-bond donors (Lipinski definition) is 0. The first-order chi connectivity index (χ1) is 18.5. The summed E-state index contributed by atoms with van der Waals surface area (Å²) in [6, 6.07) is 23.9. The molecule has 1 atom stereocenters. The number of nitrogens with zero attached hydrogens (tertiary/aromatic N) is 2. The summed E-state index contributed by atoms with van der Waals surface area (Å²) in [4.78, 5) is 31.9. The molecule has 2 heterocycles. The highest BCUT2D eigenvalue weighted by molar-refractivity contribution is 7.07. The molecule has 3 aromatic carbocycles. The molecular formula is C30H25ClN2O4S. The predicted octanol–water partition coefficient (Wildman–Crippen LogP) is 5.03. The second-order valence-electron chi connectivity index (χ2n) is 8.67.